The molecule has 1 aromatic carbocycles. The third-order valence-electron chi connectivity index (χ3n) is 4.09. The van der Waals surface area contributed by atoms with E-state index in [0.717, 1.165) is 42.9 Å². The van der Waals surface area contributed by atoms with E-state index >= 15 is 0 Å². The molecule has 1 fully saturated rings. The summed E-state index contributed by atoms with van der Waals surface area (Å²) in [6, 6.07) is 9.36. The molecule has 0 unspecified atom stereocenters. The van der Waals surface area contributed by atoms with Crippen molar-refractivity contribution in [2.75, 3.05) is 18.4 Å². The summed E-state index contributed by atoms with van der Waals surface area (Å²) >= 11 is 5.98. The molecule has 0 bridgehead atoms. The van der Waals surface area contributed by atoms with E-state index in [4.69, 9.17) is 11.6 Å². The average molecular weight is 330 g/mol. The SMILES string of the molecule is Cc1cc(Cl)ccc1Nc1ccnc(C(=O)N2CCCCC2)c1. The van der Waals surface area contributed by atoms with Crippen molar-refractivity contribution in [3.8, 4) is 0 Å². The van der Waals surface area contributed by atoms with Crippen LogP contribution in [0.1, 0.15) is 35.3 Å². The molecule has 1 aliphatic heterocycles. The topological polar surface area (TPSA) is 45.2 Å². The maximum atomic E-state index is 12.5. The van der Waals surface area contributed by atoms with Gasteiger partial charge in [0, 0.05) is 35.7 Å². The zero-order chi connectivity index (χ0) is 16.2. The first kappa shape index (κ1) is 15.8. The van der Waals surface area contributed by atoms with Gasteiger partial charge in [-0.1, -0.05) is 11.6 Å². The van der Waals surface area contributed by atoms with Crippen LogP contribution >= 0.6 is 11.6 Å². The molecular weight excluding hydrogens is 310 g/mol. The lowest BCUT2D eigenvalue weighted by atomic mass is 10.1. The average Bonchev–Trinajstić information content (AvgIpc) is 2.58. The van der Waals surface area contributed by atoms with Crippen LogP contribution in [0.4, 0.5) is 11.4 Å². The molecule has 5 heteroatoms. The number of aryl methyl sites for hydroxylation is 1. The van der Waals surface area contributed by atoms with E-state index in [1.807, 2.05) is 42.2 Å². The van der Waals surface area contributed by atoms with Gasteiger partial charge < -0.3 is 10.2 Å². The molecular formula is C18H20ClN3O. The van der Waals surface area contributed by atoms with Crippen molar-refractivity contribution in [1.82, 2.24) is 9.88 Å². The number of amides is 1. The van der Waals surface area contributed by atoms with Gasteiger partial charge in [-0.2, -0.15) is 0 Å². The van der Waals surface area contributed by atoms with Crippen LogP contribution in [-0.4, -0.2) is 28.9 Å². The van der Waals surface area contributed by atoms with Crippen molar-refractivity contribution in [2.45, 2.75) is 26.2 Å². The molecule has 1 saturated heterocycles. The van der Waals surface area contributed by atoms with Gasteiger partial charge in [0.1, 0.15) is 5.69 Å². The standard InChI is InChI=1S/C18H20ClN3O/c1-13-11-14(19)5-6-16(13)21-15-7-8-20-17(12-15)18(23)22-9-3-2-4-10-22/h5-8,11-12H,2-4,9-10H2,1H3,(H,20,21). The number of likely N-dealkylation sites (tertiary alicyclic amines) is 1. The van der Waals surface area contributed by atoms with Crippen molar-refractivity contribution in [1.29, 1.82) is 0 Å². The second-order valence-corrected chi connectivity index (χ2v) is 6.30. The largest absolute Gasteiger partial charge is 0.355 e. The number of carbonyl (C=O) groups is 1. The van der Waals surface area contributed by atoms with Crippen molar-refractivity contribution in [2.24, 2.45) is 0 Å². The molecule has 0 aliphatic carbocycles. The van der Waals surface area contributed by atoms with Crippen molar-refractivity contribution >= 4 is 28.9 Å². The Bertz CT molecular complexity index is 711. The maximum Gasteiger partial charge on any atom is 0.272 e. The van der Waals surface area contributed by atoms with E-state index in [1.165, 1.54) is 6.42 Å². The van der Waals surface area contributed by atoms with Crippen LogP contribution in [0.2, 0.25) is 5.02 Å². The van der Waals surface area contributed by atoms with E-state index in [9.17, 15) is 4.79 Å². The smallest absolute Gasteiger partial charge is 0.272 e. The molecule has 0 saturated carbocycles. The van der Waals surface area contributed by atoms with Crippen LogP contribution < -0.4 is 5.32 Å². The Morgan fingerprint density at radius 2 is 1.96 bits per heavy atom. The summed E-state index contributed by atoms with van der Waals surface area (Å²) in [6.07, 6.45) is 5.03. The number of nitrogens with one attached hydrogen (secondary N) is 1. The molecule has 1 N–H and O–H groups in total. The fourth-order valence-corrected chi connectivity index (χ4v) is 3.03. The molecule has 1 aliphatic rings. The third-order valence-corrected chi connectivity index (χ3v) is 4.32. The Hall–Kier alpha value is -2.07. The summed E-state index contributed by atoms with van der Waals surface area (Å²) in [5.74, 6) is 0.0150. The molecule has 23 heavy (non-hydrogen) atoms. The second kappa shape index (κ2) is 7.01. The number of hydrogen-bond donors (Lipinski definition) is 1. The van der Waals surface area contributed by atoms with Gasteiger partial charge in [0.2, 0.25) is 0 Å². The number of anilines is 2. The summed E-state index contributed by atoms with van der Waals surface area (Å²) in [4.78, 5) is 18.7. The Morgan fingerprint density at radius 3 is 2.70 bits per heavy atom. The van der Waals surface area contributed by atoms with Gasteiger partial charge in [0.05, 0.1) is 0 Å². The van der Waals surface area contributed by atoms with Crippen molar-refractivity contribution in [3.05, 3.63) is 52.8 Å². The molecule has 0 atom stereocenters. The summed E-state index contributed by atoms with van der Waals surface area (Å²) in [6.45, 7) is 3.65. The van der Waals surface area contributed by atoms with Gasteiger partial charge in [-0.15, -0.1) is 0 Å². The molecule has 1 amide bonds. The zero-order valence-electron chi connectivity index (χ0n) is 13.2. The predicted octanol–water partition coefficient (Wildman–Crippen LogP) is 4.41. The van der Waals surface area contributed by atoms with E-state index in [-0.39, 0.29) is 5.91 Å². The number of carbonyl (C=O) groups excluding carboxylic acids is 1. The number of rotatable bonds is 3. The zero-order valence-corrected chi connectivity index (χ0v) is 13.9. The van der Waals surface area contributed by atoms with Gasteiger partial charge in [-0.25, -0.2) is 0 Å². The summed E-state index contributed by atoms with van der Waals surface area (Å²) in [5, 5.41) is 4.04. The second-order valence-electron chi connectivity index (χ2n) is 5.87. The lowest BCUT2D eigenvalue weighted by Gasteiger charge is -2.26. The van der Waals surface area contributed by atoms with Gasteiger partial charge in [-0.05, 0) is 62.1 Å². The number of nitrogens with zero attached hydrogens (tertiary/aromatic N) is 2. The first-order valence-electron chi connectivity index (χ1n) is 7.92. The molecule has 4 nitrogen and oxygen atoms in total. The van der Waals surface area contributed by atoms with Crippen LogP contribution in [0, 0.1) is 6.92 Å². The molecule has 2 heterocycles. The van der Waals surface area contributed by atoms with Crippen LogP contribution in [0.3, 0.4) is 0 Å². The number of piperidine rings is 1. The highest BCUT2D eigenvalue weighted by molar-refractivity contribution is 6.30. The molecule has 3 rings (SSSR count). The van der Waals surface area contributed by atoms with Crippen LogP contribution in [0.25, 0.3) is 0 Å². The number of hydrogen-bond acceptors (Lipinski definition) is 3. The molecule has 0 radical (unpaired) electrons. The minimum atomic E-state index is 0.0150. The van der Waals surface area contributed by atoms with Crippen molar-refractivity contribution < 1.29 is 4.79 Å². The fraction of sp³-hybridized carbons (Fsp3) is 0.333. The summed E-state index contributed by atoms with van der Waals surface area (Å²) < 4.78 is 0. The molecule has 120 valence electrons. The van der Waals surface area contributed by atoms with Gasteiger partial charge in [-0.3, -0.25) is 9.78 Å². The minimum absolute atomic E-state index is 0.0150. The van der Waals surface area contributed by atoms with E-state index in [1.54, 1.807) is 6.20 Å². The minimum Gasteiger partial charge on any atom is -0.355 e. The maximum absolute atomic E-state index is 12.5. The van der Waals surface area contributed by atoms with Crippen LogP contribution in [0.15, 0.2) is 36.5 Å². The fourth-order valence-electron chi connectivity index (χ4n) is 2.81. The predicted molar refractivity (Wildman–Crippen MR) is 93.5 cm³/mol. The molecule has 0 spiro atoms. The van der Waals surface area contributed by atoms with Crippen molar-refractivity contribution in [3.63, 3.8) is 0 Å². The van der Waals surface area contributed by atoms with Gasteiger partial charge >= 0.3 is 0 Å². The number of benzene rings is 1. The quantitative estimate of drug-likeness (QED) is 0.907. The highest BCUT2D eigenvalue weighted by atomic mass is 35.5. The highest BCUT2D eigenvalue weighted by Crippen LogP contribution is 2.24. The Kier molecular flexibility index (Phi) is 4.82. The van der Waals surface area contributed by atoms with E-state index in [2.05, 4.69) is 10.3 Å². The summed E-state index contributed by atoms with van der Waals surface area (Å²) in [7, 11) is 0. The highest BCUT2D eigenvalue weighted by Gasteiger charge is 2.19. The third kappa shape index (κ3) is 3.82. The normalized spacial score (nSPS) is 14.6. The van der Waals surface area contributed by atoms with Crippen LogP contribution in [-0.2, 0) is 0 Å². The molecule has 1 aromatic heterocycles. The van der Waals surface area contributed by atoms with E-state index in [0.29, 0.717) is 10.7 Å². The Morgan fingerprint density at radius 1 is 1.17 bits per heavy atom. The lowest BCUT2D eigenvalue weighted by molar-refractivity contribution is 0.0718. The van der Waals surface area contributed by atoms with Gasteiger partial charge in [0.25, 0.3) is 5.91 Å². The monoisotopic (exact) mass is 329 g/mol. The molecule has 2 aromatic rings. The van der Waals surface area contributed by atoms with Crippen LogP contribution in [0.5, 0.6) is 0 Å². The number of aromatic nitrogens is 1. The number of halogens is 1. The first-order valence-corrected chi connectivity index (χ1v) is 8.30. The van der Waals surface area contributed by atoms with E-state index < -0.39 is 0 Å². The Balaban J connectivity index is 1.78. The summed E-state index contributed by atoms with van der Waals surface area (Å²) in [5.41, 5.74) is 3.37. The lowest BCUT2D eigenvalue weighted by Crippen LogP contribution is -2.36. The Labute approximate surface area is 141 Å². The number of pyridine rings is 1. The van der Waals surface area contributed by atoms with Gasteiger partial charge in [0.15, 0.2) is 0 Å². The first-order chi connectivity index (χ1) is 11.1.